The highest BCUT2D eigenvalue weighted by Gasteiger charge is 2.15. The van der Waals surface area contributed by atoms with Crippen LogP contribution in [0.15, 0.2) is 65.6 Å². The van der Waals surface area contributed by atoms with Crippen molar-refractivity contribution in [3.63, 3.8) is 0 Å². The molecule has 0 spiro atoms. The summed E-state index contributed by atoms with van der Waals surface area (Å²) in [5.41, 5.74) is 3.01. The van der Waals surface area contributed by atoms with Gasteiger partial charge in [0.15, 0.2) is 11.6 Å². The van der Waals surface area contributed by atoms with Gasteiger partial charge in [0.2, 0.25) is 0 Å². The van der Waals surface area contributed by atoms with Gasteiger partial charge in [0.1, 0.15) is 0 Å². The summed E-state index contributed by atoms with van der Waals surface area (Å²) in [6, 6.07) is 17.9. The molecule has 6 nitrogen and oxygen atoms in total. The van der Waals surface area contributed by atoms with Crippen LogP contribution in [-0.2, 0) is 16.4 Å². The molecule has 0 saturated heterocycles. The lowest BCUT2D eigenvalue weighted by Crippen LogP contribution is -2.14. The molecule has 0 saturated carbocycles. The summed E-state index contributed by atoms with van der Waals surface area (Å²) in [7, 11) is -3.69. The van der Waals surface area contributed by atoms with Gasteiger partial charge in [-0.1, -0.05) is 31.2 Å². The number of benzene rings is 2. The van der Waals surface area contributed by atoms with Crippen LogP contribution in [-0.4, -0.2) is 18.6 Å². The van der Waals surface area contributed by atoms with Crippen LogP contribution in [0.2, 0.25) is 0 Å². The minimum atomic E-state index is -3.69. The van der Waals surface area contributed by atoms with Gasteiger partial charge >= 0.3 is 0 Å². The number of rotatable bonds is 6. The lowest BCUT2D eigenvalue weighted by atomic mass is 10.1. The van der Waals surface area contributed by atoms with Gasteiger partial charge in [0, 0.05) is 5.69 Å². The zero-order valence-corrected chi connectivity index (χ0v) is 15.4. The molecule has 3 aromatic rings. The van der Waals surface area contributed by atoms with Crippen molar-refractivity contribution in [3.05, 3.63) is 71.8 Å². The third kappa shape index (κ3) is 4.37. The van der Waals surface area contributed by atoms with Crippen LogP contribution < -0.4 is 10.0 Å². The second-order valence-electron chi connectivity index (χ2n) is 5.90. The summed E-state index contributed by atoms with van der Waals surface area (Å²) in [6.45, 7) is 3.94. The van der Waals surface area contributed by atoms with Crippen LogP contribution in [0.5, 0.6) is 0 Å². The fraction of sp³-hybridized carbons (Fsp3) is 0.158. The summed E-state index contributed by atoms with van der Waals surface area (Å²) in [4.78, 5) is 0.192. The van der Waals surface area contributed by atoms with E-state index in [0.29, 0.717) is 5.82 Å². The average Bonchev–Trinajstić information content (AvgIpc) is 2.64. The number of aryl methyl sites for hydroxylation is 2. The highest BCUT2D eigenvalue weighted by molar-refractivity contribution is 7.92. The molecule has 0 aliphatic heterocycles. The molecule has 7 heteroatoms. The highest BCUT2D eigenvalue weighted by Crippen LogP contribution is 2.18. The van der Waals surface area contributed by atoms with Crippen LogP contribution in [0.25, 0.3) is 0 Å². The van der Waals surface area contributed by atoms with Crippen molar-refractivity contribution in [2.45, 2.75) is 25.2 Å². The molecule has 0 fully saturated rings. The summed E-state index contributed by atoms with van der Waals surface area (Å²) < 4.78 is 27.2. The molecule has 2 aromatic carbocycles. The van der Waals surface area contributed by atoms with Crippen molar-refractivity contribution >= 4 is 27.3 Å². The van der Waals surface area contributed by atoms with Gasteiger partial charge in [-0.15, -0.1) is 10.2 Å². The van der Waals surface area contributed by atoms with Gasteiger partial charge in [0.25, 0.3) is 10.0 Å². The van der Waals surface area contributed by atoms with Gasteiger partial charge in [0.05, 0.1) is 4.90 Å². The van der Waals surface area contributed by atoms with Crippen LogP contribution in [0, 0.1) is 6.92 Å². The van der Waals surface area contributed by atoms with E-state index in [-0.39, 0.29) is 10.7 Å². The molecule has 0 atom stereocenters. The first-order valence-electron chi connectivity index (χ1n) is 8.25. The Morgan fingerprint density at radius 2 is 1.62 bits per heavy atom. The molecular weight excluding hydrogens is 348 g/mol. The van der Waals surface area contributed by atoms with Gasteiger partial charge in [-0.3, -0.25) is 4.72 Å². The van der Waals surface area contributed by atoms with E-state index in [0.717, 1.165) is 17.7 Å². The second-order valence-corrected chi connectivity index (χ2v) is 7.58. The van der Waals surface area contributed by atoms with Crippen molar-refractivity contribution < 1.29 is 8.42 Å². The SMILES string of the molecule is CCc1ccc(Nc2ccc(NS(=O)(=O)c3cccc(C)c3)nn2)cc1. The van der Waals surface area contributed by atoms with Gasteiger partial charge < -0.3 is 5.32 Å². The Labute approximate surface area is 153 Å². The predicted molar refractivity (Wildman–Crippen MR) is 103 cm³/mol. The lowest BCUT2D eigenvalue weighted by Gasteiger charge is -2.09. The van der Waals surface area contributed by atoms with E-state index in [1.807, 2.05) is 37.3 Å². The van der Waals surface area contributed by atoms with Crippen LogP contribution in [0.4, 0.5) is 17.3 Å². The molecule has 0 unspecified atom stereocenters. The third-order valence-electron chi connectivity index (χ3n) is 3.84. The van der Waals surface area contributed by atoms with Crippen LogP contribution >= 0.6 is 0 Å². The third-order valence-corrected chi connectivity index (χ3v) is 5.19. The topological polar surface area (TPSA) is 84.0 Å². The molecule has 1 heterocycles. The number of sulfonamides is 1. The summed E-state index contributed by atoms with van der Waals surface area (Å²) in [6.07, 6.45) is 0.982. The first kappa shape index (κ1) is 17.9. The largest absolute Gasteiger partial charge is 0.339 e. The molecule has 134 valence electrons. The van der Waals surface area contributed by atoms with Gasteiger partial charge in [-0.2, -0.15) is 0 Å². The fourth-order valence-corrected chi connectivity index (χ4v) is 3.50. The lowest BCUT2D eigenvalue weighted by molar-refractivity contribution is 0.601. The second kappa shape index (κ2) is 7.53. The number of nitrogens with zero attached hydrogens (tertiary/aromatic N) is 2. The first-order chi connectivity index (χ1) is 12.5. The molecule has 0 radical (unpaired) electrons. The van der Waals surface area contributed by atoms with Crippen LogP contribution in [0.3, 0.4) is 0 Å². The van der Waals surface area contributed by atoms with E-state index < -0.39 is 10.0 Å². The number of nitrogens with one attached hydrogen (secondary N) is 2. The van der Waals surface area contributed by atoms with Crippen LogP contribution in [0.1, 0.15) is 18.1 Å². The van der Waals surface area contributed by atoms with E-state index in [2.05, 4.69) is 27.2 Å². The summed E-state index contributed by atoms with van der Waals surface area (Å²) in [5.74, 6) is 0.700. The zero-order chi connectivity index (χ0) is 18.6. The highest BCUT2D eigenvalue weighted by atomic mass is 32.2. The van der Waals surface area contributed by atoms with Gasteiger partial charge in [-0.05, 0) is 60.9 Å². The zero-order valence-electron chi connectivity index (χ0n) is 14.6. The standard InChI is InChI=1S/C19H20N4O2S/c1-3-15-7-9-16(10-8-15)20-18-11-12-19(22-21-18)23-26(24,25)17-6-4-5-14(2)13-17/h4-13H,3H2,1-2H3,(H,20,21)(H,22,23). The molecular formula is C19H20N4O2S. The minimum absolute atomic E-state index is 0.165. The van der Waals surface area contributed by atoms with Crippen molar-refractivity contribution in [2.75, 3.05) is 10.0 Å². The quantitative estimate of drug-likeness (QED) is 0.689. The summed E-state index contributed by atoms with van der Waals surface area (Å²) in [5, 5.41) is 11.1. The first-order valence-corrected chi connectivity index (χ1v) is 9.74. The minimum Gasteiger partial charge on any atom is -0.339 e. The van der Waals surface area contributed by atoms with Crippen molar-refractivity contribution in [3.8, 4) is 0 Å². The molecule has 0 aliphatic carbocycles. The van der Waals surface area contributed by atoms with E-state index in [4.69, 9.17) is 0 Å². The number of hydrogen-bond acceptors (Lipinski definition) is 5. The molecule has 1 aromatic heterocycles. The maximum Gasteiger partial charge on any atom is 0.263 e. The van der Waals surface area contributed by atoms with E-state index >= 15 is 0 Å². The average molecular weight is 368 g/mol. The number of hydrogen-bond donors (Lipinski definition) is 2. The van der Waals surface area contributed by atoms with Gasteiger partial charge in [-0.25, -0.2) is 8.42 Å². The Morgan fingerprint density at radius 1 is 0.923 bits per heavy atom. The predicted octanol–water partition coefficient (Wildman–Crippen LogP) is 3.89. The summed E-state index contributed by atoms with van der Waals surface area (Å²) >= 11 is 0. The van der Waals surface area contributed by atoms with E-state index in [1.54, 1.807) is 30.3 Å². The Hall–Kier alpha value is -2.93. The Bertz CT molecular complexity index is 985. The Balaban J connectivity index is 1.71. The molecule has 26 heavy (non-hydrogen) atoms. The van der Waals surface area contributed by atoms with E-state index in [1.165, 1.54) is 5.56 Å². The maximum absolute atomic E-state index is 12.4. The molecule has 3 rings (SSSR count). The van der Waals surface area contributed by atoms with Crippen molar-refractivity contribution in [1.29, 1.82) is 0 Å². The smallest absolute Gasteiger partial charge is 0.263 e. The van der Waals surface area contributed by atoms with E-state index in [9.17, 15) is 8.42 Å². The fourth-order valence-electron chi connectivity index (χ4n) is 2.40. The Morgan fingerprint density at radius 3 is 2.23 bits per heavy atom. The van der Waals surface area contributed by atoms with Crippen molar-refractivity contribution in [1.82, 2.24) is 10.2 Å². The molecule has 0 aliphatic rings. The molecule has 0 bridgehead atoms. The molecule has 2 N–H and O–H groups in total. The normalized spacial score (nSPS) is 11.2. The Kier molecular flexibility index (Phi) is 5.18. The monoisotopic (exact) mass is 368 g/mol. The number of aromatic nitrogens is 2. The van der Waals surface area contributed by atoms with Crippen molar-refractivity contribution in [2.24, 2.45) is 0 Å². The maximum atomic E-state index is 12.4. The molecule has 0 amide bonds. The number of anilines is 3.